The molecule has 0 fully saturated rings. The van der Waals surface area contributed by atoms with Gasteiger partial charge in [-0.3, -0.25) is 0 Å². The van der Waals surface area contributed by atoms with Gasteiger partial charge in [-0.25, -0.2) is 9.97 Å². The number of nitrogen functional groups attached to an aromatic ring is 1. The first-order chi connectivity index (χ1) is 7.81. The van der Waals surface area contributed by atoms with Gasteiger partial charge in [-0.1, -0.05) is 6.92 Å². The fourth-order valence-electron chi connectivity index (χ4n) is 2.05. The Morgan fingerprint density at radius 2 is 2.06 bits per heavy atom. The van der Waals surface area contributed by atoms with Crippen LogP contribution in [0.3, 0.4) is 0 Å². The quantitative estimate of drug-likeness (QED) is 0.788. The van der Waals surface area contributed by atoms with Gasteiger partial charge in [-0.2, -0.15) is 0 Å². The van der Waals surface area contributed by atoms with E-state index in [9.17, 15) is 0 Å². The van der Waals surface area contributed by atoms with Crippen LogP contribution < -0.4 is 5.73 Å². The predicted molar refractivity (Wildman–Crippen MR) is 63.0 cm³/mol. The fraction of sp³-hybridized carbons (Fsp3) is 0.667. The Morgan fingerprint density at radius 1 is 1.25 bits per heavy atom. The molecule has 1 aliphatic carbocycles. The molecule has 1 aromatic heterocycles. The van der Waals surface area contributed by atoms with Gasteiger partial charge in [0.05, 0.1) is 0 Å². The van der Waals surface area contributed by atoms with Gasteiger partial charge >= 0.3 is 0 Å². The molecule has 4 nitrogen and oxygen atoms in total. The molecule has 1 heterocycles. The monoisotopic (exact) mass is 221 g/mol. The summed E-state index contributed by atoms with van der Waals surface area (Å²) in [5, 5.41) is 0. The number of hydrogen-bond donors (Lipinski definition) is 1. The number of aryl methyl sites for hydroxylation is 1. The molecular weight excluding hydrogens is 202 g/mol. The Morgan fingerprint density at radius 3 is 2.88 bits per heavy atom. The summed E-state index contributed by atoms with van der Waals surface area (Å²) in [5.41, 5.74) is 8.23. The maximum atomic E-state index is 5.94. The van der Waals surface area contributed by atoms with Gasteiger partial charge in [-0.15, -0.1) is 0 Å². The fourth-order valence-corrected chi connectivity index (χ4v) is 2.05. The Kier molecular flexibility index (Phi) is 3.72. The van der Waals surface area contributed by atoms with Crippen LogP contribution in [0.2, 0.25) is 0 Å². The summed E-state index contributed by atoms with van der Waals surface area (Å²) in [6, 6.07) is 0. The van der Waals surface area contributed by atoms with Crippen LogP contribution in [0.1, 0.15) is 43.3 Å². The molecule has 0 spiro atoms. The van der Waals surface area contributed by atoms with Crippen molar-refractivity contribution in [2.45, 2.75) is 45.6 Å². The zero-order chi connectivity index (χ0) is 11.4. The molecule has 1 aliphatic rings. The number of anilines is 1. The van der Waals surface area contributed by atoms with Crippen molar-refractivity contribution in [3.05, 3.63) is 17.1 Å². The van der Waals surface area contributed by atoms with Crippen LogP contribution >= 0.6 is 0 Å². The van der Waals surface area contributed by atoms with Crippen LogP contribution in [-0.4, -0.2) is 16.6 Å². The van der Waals surface area contributed by atoms with Crippen LogP contribution in [0, 0.1) is 0 Å². The topological polar surface area (TPSA) is 61.0 Å². The molecule has 2 rings (SSSR count). The average molecular weight is 221 g/mol. The lowest BCUT2D eigenvalue weighted by Crippen LogP contribution is -2.14. The standard InChI is InChI=1S/C12H19N3O/c1-2-7-16-8-11-14-10-6-4-3-5-9(10)12(13)15-11/h2-8H2,1H3,(H2,13,14,15). The number of hydrogen-bond acceptors (Lipinski definition) is 4. The van der Waals surface area contributed by atoms with Crippen LogP contribution in [0.5, 0.6) is 0 Å². The molecule has 0 saturated carbocycles. The lowest BCUT2D eigenvalue weighted by molar-refractivity contribution is 0.116. The van der Waals surface area contributed by atoms with E-state index in [0.29, 0.717) is 12.4 Å². The Hall–Kier alpha value is -1.16. The van der Waals surface area contributed by atoms with Crippen LogP contribution in [0.25, 0.3) is 0 Å². The van der Waals surface area contributed by atoms with Crippen molar-refractivity contribution in [2.75, 3.05) is 12.3 Å². The van der Waals surface area contributed by atoms with Crippen molar-refractivity contribution in [1.29, 1.82) is 0 Å². The van der Waals surface area contributed by atoms with E-state index in [2.05, 4.69) is 16.9 Å². The second-order valence-electron chi connectivity index (χ2n) is 4.21. The van der Waals surface area contributed by atoms with Crippen molar-refractivity contribution in [2.24, 2.45) is 0 Å². The van der Waals surface area contributed by atoms with E-state index in [1.165, 1.54) is 12.8 Å². The number of nitrogens with zero attached hydrogens (tertiary/aromatic N) is 2. The van der Waals surface area contributed by atoms with Gasteiger partial charge in [-0.05, 0) is 32.1 Å². The lowest BCUT2D eigenvalue weighted by atomic mass is 9.96. The van der Waals surface area contributed by atoms with E-state index in [4.69, 9.17) is 10.5 Å². The van der Waals surface area contributed by atoms with Gasteiger partial charge < -0.3 is 10.5 Å². The summed E-state index contributed by atoms with van der Waals surface area (Å²) in [7, 11) is 0. The predicted octanol–water partition coefficient (Wildman–Crippen LogP) is 1.86. The number of ether oxygens (including phenoxy) is 1. The normalized spacial score (nSPS) is 14.8. The molecule has 0 aromatic carbocycles. The molecule has 16 heavy (non-hydrogen) atoms. The Bertz CT molecular complexity index is 366. The molecule has 0 atom stereocenters. The molecule has 0 aliphatic heterocycles. The van der Waals surface area contributed by atoms with Crippen molar-refractivity contribution < 1.29 is 4.74 Å². The maximum absolute atomic E-state index is 5.94. The molecule has 2 N–H and O–H groups in total. The number of aromatic nitrogens is 2. The van der Waals surface area contributed by atoms with Gasteiger partial charge in [0.25, 0.3) is 0 Å². The first-order valence-corrected chi connectivity index (χ1v) is 6.03. The van der Waals surface area contributed by atoms with E-state index >= 15 is 0 Å². The largest absolute Gasteiger partial charge is 0.383 e. The van der Waals surface area contributed by atoms with E-state index in [0.717, 1.165) is 43.0 Å². The first-order valence-electron chi connectivity index (χ1n) is 6.03. The number of nitrogens with two attached hydrogens (primary N) is 1. The molecule has 0 radical (unpaired) electrons. The van der Waals surface area contributed by atoms with Gasteiger partial charge in [0.15, 0.2) is 5.82 Å². The summed E-state index contributed by atoms with van der Waals surface area (Å²) in [6.45, 7) is 3.31. The van der Waals surface area contributed by atoms with Crippen LogP contribution in [-0.2, 0) is 24.2 Å². The second kappa shape index (κ2) is 5.25. The first kappa shape index (κ1) is 11.3. The van der Waals surface area contributed by atoms with Crippen molar-refractivity contribution in [3.8, 4) is 0 Å². The minimum Gasteiger partial charge on any atom is -0.383 e. The third-order valence-corrected chi connectivity index (χ3v) is 2.84. The van der Waals surface area contributed by atoms with Gasteiger partial charge in [0.2, 0.25) is 0 Å². The highest BCUT2D eigenvalue weighted by Gasteiger charge is 2.15. The average Bonchev–Trinajstić information content (AvgIpc) is 2.30. The SMILES string of the molecule is CCCOCc1nc(N)c2c(n1)CCCC2. The molecule has 0 saturated heterocycles. The second-order valence-corrected chi connectivity index (χ2v) is 4.21. The van der Waals surface area contributed by atoms with Crippen molar-refractivity contribution in [3.63, 3.8) is 0 Å². The highest BCUT2D eigenvalue weighted by atomic mass is 16.5. The molecule has 0 bridgehead atoms. The summed E-state index contributed by atoms with van der Waals surface area (Å²) in [6.07, 6.45) is 5.48. The Balaban J connectivity index is 2.12. The van der Waals surface area contributed by atoms with Crippen LogP contribution in [0.15, 0.2) is 0 Å². The minimum absolute atomic E-state index is 0.478. The summed E-state index contributed by atoms with van der Waals surface area (Å²) in [5.74, 6) is 1.38. The highest BCUT2D eigenvalue weighted by Crippen LogP contribution is 2.23. The molecule has 0 amide bonds. The van der Waals surface area contributed by atoms with E-state index in [-0.39, 0.29) is 0 Å². The zero-order valence-corrected chi connectivity index (χ0v) is 9.83. The summed E-state index contributed by atoms with van der Waals surface area (Å²) >= 11 is 0. The third kappa shape index (κ3) is 2.50. The van der Waals surface area contributed by atoms with E-state index in [1.807, 2.05) is 0 Å². The van der Waals surface area contributed by atoms with Crippen LogP contribution in [0.4, 0.5) is 5.82 Å². The zero-order valence-electron chi connectivity index (χ0n) is 9.83. The minimum atomic E-state index is 0.478. The van der Waals surface area contributed by atoms with Gasteiger partial charge in [0.1, 0.15) is 12.4 Å². The molecule has 4 heteroatoms. The highest BCUT2D eigenvalue weighted by molar-refractivity contribution is 5.43. The third-order valence-electron chi connectivity index (χ3n) is 2.84. The smallest absolute Gasteiger partial charge is 0.156 e. The summed E-state index contributed by atoms with van der Waals surface area (Å²) < 4.78 is 5.43. The number of fused-ring (bicyclic) bond motifs is 1. The van der Waals surface area contributed by atoms with Crippen molar-refractivity contribution in [1.82, 2.24) is 9.97 Å². The Labute approximate surface area is 96.2 Å². The van der Waals surface area contributed by atoms with E-state index in [1.54, 1.807) is 0 Å². The lowest BCUT2D eigenvalue weighted by Gasteiger charge is -2.17. The summed E-state index contributed by atoms with van der Waals surface area (Å²) in [4.78, 5) is 8.83. The van der Waals surface area contributed by atoms with Gasteiger partial charge in [0, 0.05) is 17.9 Å². The van der Waals surface area contributed by atoms with E-state index < -0.39 is 0 Å². The molecule has 1 aromatic rings. The molecule has 0 unspecified atom stereocenters. The van der Waals surface area contributed by atoms with Crippen molar-refractivity contribution >= 4 is 5.82 Å². The molecular formula is C12H19N3O. The number of rotatable bonds is 4. The maximum Gasteiger partial charge on any atom is 0.156 e. The molecule has 88 valence electrons.